The first-order valence-corrected chi connectivity index (χ1v) is 11.0. The molecule has 1 aromatic heterocycles. The summed E-state index contributed by atoms with van der Waals surface area (Å²) in [5.74, 6) is -1.48. The second kappa shape index (κ2) is 12.2. The number of ketones is 1. The predicted octanol–water partition coefficient (Wildman–Crippen LogP) is 2.25. The number of hydrogen-bond acceptors (Lipinski definition) is 9. The van der Waals surface area contributed by atoms with Crippen molar-refractivity contribution < 1.29 is 27.5 Å². The molecule has 1 atom stereocenters. The summed E-state index contributed by atoms with van der Waals surface area (Å²) in [6.45, 7) is 4.10. The number of halogens is 3. The molecular weight excluding hydrogens is 479 g/mol. The number of Topliss-reactive ketones (excluding diaryl/α,β-unsaturated/α-hetero) is 1. The van der Waals surface area contributed by atoms with Gasteiger partial charge < -0.3 is 26.0 Å². The average molecular weight is 508 g/mol. The molecule has 0 radical (unpaired) electrons. The number of nitrogen functional groups attached to an aromatic ring is 1. The van der Waals surface area contributed by atoms with Crippen LogP contribution in [-0.4, -0.2) is 66.4 Å². The van der Waals surface area contributed by atoms with E-state index in [0.29, 0.717) is 6.54 Å². The van der Waals surface area contributed by atoms with Gasteiger partial charge in [0.25, 0.3) is 5.91 Å². The van der Waals surface area contributed by atoms with Crippen LogP contribution in [0.25, 0.3) is 0 Å². The minimum absolute atomic E-state index is 0.0129. The maximum Gasteiger partial charge on any atom is 0.416 e. The van der Waals surface area contributed by atoms with Crippen molar-refractivity contribution in [2.75, 3.05) is 44.8 Å². The highest BCUT2D eigenvalue weighted by molar-refractivity contribution is 5.95. The number of benzene rings is 1. The number of anilines is 2. The van der Waals surface area contributed by atoms with E-state index in [0.717, 1.165) is 12.1 Å². The number of nitrogens with two attached hydrogens (primary N) is 1. The van der Waals surface area contributed by atoms with Crippen LogP contribution in [0.3, 0.4) is 0 Å². The Hall–Kier alpha value is -3.92. The molecule has 0 aliphatic carbocycles. The summed E-state index contributed by atoms with van der Waals surface area (Å²) in [4.78, 5) is 34.9. The van der Waals surface area contributed by atoms with E-state index in [2.05, 4.69) is 20.6 Å². The topological polar surface area (TPSA) is 146 Å². The molecule has 0 aliphatic rings. The zero-order valence-corrected chi connectivity index (χ0v) is 20.4. The molecule has 2 aromatic rings. The lowest BCUT2D eigenvalue weighted by molar-refractivity contribution is -0.137. The Morgan fingerprint density at radius 3 is 2.53 bits per heavy atom. The minimum atomic E-state index is -4.71. The van der Waals surface area contributed by atoms with E-state index >= 15 is 0 Å². The zero-order valence-electron chi connectivity index (χ0n) is 20.4. The van der Waals surface area contributed by atoms with Crippen LogP contribution in [0.1, 0.15) is 40.9 Å². The van der Waals surface area contributed by atoms with Gasteiger partial charge in [-0.15, -0.1) is 0 Å². The highest BCUT2D eigenvalue weighted by Gasteiger charge is 2.32. The predicted molar refractivity (Wildman–Crippen MR) is 126 cm³/mol. The Morgan fingerprint density at radius 1 is 1.25 bits per heavy atom. The zero-order chi connectivity index (χ0) is 27.0. The van der Waals surface area contributed by atoms with Crippen LogP contribution in [0.2, 0.25) is 0 Å². The van der Waals surface area contributed by atoms with Gasteiger partial charge in [0.15, 0.2) is 17.2 Å². The lowest BCUT2D eigenvalue weighted by Crippen LogP contribution is -2.32. The van der Waals surface area contributed by atoms with Gasteiger partial charge in [-0.2, -0.15) is 28.4 Å². The molecule has 2 rings (SSSR count). The molecule has 0 saturated carbocycles. The summed E-state index contributed by atoms with van der Waals surface area (Å²) in [5.41, 5.74) is 4.36. The minimum Gasteiger partial charge on any atom is -0.477 e. The standard InChI is InChI=1S/C23H28F3N7O3/c1-5-36-21-17(12-27)19(31-22(28)32-21)30-13(2)18(34)10-14-8-15(11-16(9-14)23(24,25)26)20(35)29-6-7-33(3)4/h8-9,11,13H,5-7,10H2,1-4H3,(H,29,35)(H3,28,30,31,32)/t13-/m0/s1. The third-order valence-corrected chi connectivity index (χ3v) is 4.93. The molecule has 1 amide bonds. The first-order chi connectivity index (χ1) is 16.8. The molecule has 4 N–H and O–H groups in total. The fourth-order valence-electron chi connectivity index (χ4n) is 3.13. The summed E-state index contributed by atoms with van der Waals surface area (Å²) in [6.07, 6.45) is -5.12. The first-order valence-electron chi connectivity index (χ1n) is 11.0. The summed E-state index contributed by atoms with van der Waals surface area (Å²) in [6, 6.07) is 3.75. The highest BCUT2D eigenvalue weighted by atomic mass is 19.4. The number of rotatable bonds is 11. The Kier molecular flexibility index (Phi) is 9.57. The molecule has 0 aliphatic heterocycles. The lowest BCUT2D eigenvalue weighted by Gasteiger charge is -2.17. The van der Waals surface area contributed by atoms with Gasteiger partial charge in [0.2, 0.25) is 11.8 Å². The molecule has 0 fully saturated rings. The third kappa shape index (κ3) is 7.81. The molecule has 36 heavy (non-hydrogen) atoms. The third-order valence-electron chi connectivity index (χ3n) is 4.93. The number of nitrogens with one attached hydrogen (secondary N) is 2. The number of alkyl halides is 3. The van der Waals surface area contributed by atoms with Gasteiger partial charge in [0, 0.05) is 25.1 Å². The van der Waals surface area contributed by atoms with E-state index in [4.69, 9.17) is 10.5 Å². The number of nitrogens with zero attached hydrogens (tertiary/aromatic N) is 4. The van der Waals surface area contributed by atoms with E-state index in [9.17, 15) is 28.0 Å². The monoisotopic (exact) mass is 507 g/mol. The molecule has 0 saturated heterocycles. The van der Waals surface area contributed by atoms with E-state index in [1.54, 1.807) is 21.0 Å². The number of carbonyl (C=O) groups is 2. The lowest BCUT2D eigenvalue weighted by atomic mass is 9.99. The second-order valence-electron chi connectivity index (χ2n) is 8.14. The van der Waals surface area contributed by atoms with Gasteiger partial charge in [-0.3, -0.25) is 9.59 Å². The van der Waals surface area contributed by atoms with E-state index < -0.39 is 35.9 Å². The van der Waals surface area contributed by atoms with Crippen molar-refractivity contribution in [2.45, 2.75) is 32.5 Å². The number of nitriles is 1. The molecule has 194 valence electrons. The van der Waals surface area contributed by atoms with Gasteiger partial charge in [-0.25, -0.2) is 0 Å². The van der Waals surface area contributed by atoms with Crippen LogP contribution in [0.15, 0.2) is 18.2 Å². The summed E-state index contributed by atoms with van der Waals surface area (Å²) < 4.78 is 45.7. The molecule has 0 spiro atoms. The molecule has 1 heterocycles. The van der Waals surface area contributed by atoms with Crippen LogP contribution in [-0.2, 0) is 17.4 Å². The molecule has 13 heteroatoms. The van der Waals surface area contributed by atoms with E-state index in [1.807, 2.05) is 11.0 Å². The average Bonchev–Trinajstić information content (AvgIpc) is 2.78. The maximum atomic E-state index is 13.5. The normalized spacial score (nSPS) is 12.1. The summed E-state index contributed by atoms with van der Waals surface area (Å²) in [5, 5.41) is 14.8. The smallest absolute Gasteiger partial charge is 0.416 e. The number of likely N-dealkylation sites (N-methyl/N-ethyl adjacent to an activating group) is 1. The van der Waals surface area contributed by atoms with E-state index in [-0.39, 0.29) is 47.5 Å². The van der Waals surface area contributed by atoms with Crippen molar-refractivity contribution >= 4 is 23.5 Å². The van der Waals surface area contributed by atoms with Crippen molar-refractivity contribution in [3.8, 4) is 11.9 Å². The molecule has 10 nitrogen and oxygen atoms in total. The highest BCUT2D eigenvalue weighted by Crippen LogP contribution is 2.31. The quantitative estimate of drug-likeness (QED) is 0.417. The van der Waals surface area contributed by atoms with Crippen molar-refractivity contribution in [3.05, 3.63) is 40.5 Å². The second-order valence-corrected chi connectivity index (χ2v) is 8.14. The first kappa shape index (κ1) is 28.3. The Labute approximate surface area is 206 Å². The molecular formula is C23H28F3N7O3. The SMILES string of the molecule is CCOc1nc(N)nc(N[C@@H](C)C(=O)Cc2cc(C(=O)NCCN(C)C)cc(C(F)(F)F)c2)c1C#N. The van der Waals surface area contributed by atoms with E-state index in [1.165, 1.54) is 13.0 Å². The number of carbonyl (C=O) groups excluding carboxylic acids is 2. The maximum absolute atomic E-state index is 13.5. The summed E-state index contributed by atoms with van der Waals surface area (Å²) in [7, 11) is 3.59. The molecule has 0 bridgehead atoms. The van der Waals surface area contributed by atoms with Crippen molar-refractivity contribution in [2.24, 2.45) is 0 Å². The van der Waals surface area contributed by atoms with Gasteiger partial charge in [-0.05, 0) is 51.7 Å². The Morgan fingerprint density at radius 2 is 1.94 bits per heavy atom. The van der Waals surface area contributed by atoms with Gasteiger partial charge in [0.05, 0.1) is 18.2 Å². The van der Waals surface area contributed by atoms with Crippen LogP contribution >= 0.6 is 0 Å². The van der Waals surface area contributed by atoms with Crippen molar-refractivity contribution in [1.29, 1.82) is 5.26 Å². The van der Waals surface area contributed by atoms with Gasteiger partial charge >= 0.3 is 6.18 Å². The Balaban J connectivity index is 2.27. The van der Waals surface area contributed by atoms with Crippen molar-refractivity contribution in [1.82, 2.24) is 20.2 Å². The van der Waals surface area contributed by atoms with Crippen LogP contribution in [0.4, 0.5) is 24.9 Å². The number of amides is 1. The fourth-order valence-corrected chi connectivity index (χ4v) is 3.13. The fraction of sp³-hybridized carbons (Fsp3) is 0.435. The van der Waals surface area contributed by atoms with Gasteiger partial charge in [0.1, 0.15) is 6.07 Å². The largest absolute Gasteiger partial charge is 0.477 e. The number of hydrogen-bond donors (Lipinski definition) is 3. The summed E-state index contributed by atoms with van der Waals surface area (Å²) >= 11 is 0. The Bertz CT molecular complexity index is 1150. The number of aromatic nitrogens is 2. The molecule has 1 aromatic carbocycles. The van der Waals surface area contributed by atoms with Crippen LogP contribution in [0, 0.1) is 11.3 Å². The van der Waals surface area contributed by atoms with Crippen molar-refractivity contribution in [3.63, 3.8) is 0 Å². The van der Waals surface area contributed by atoms with Crippen LogP contribution < -0.4 is 21.1 Å². The van der Waals surface area contributed by atoms with Gasteiger partial charge in [-0.1, -0.05) is 0 Å². The molecule has 0 unspecified atom stereocenters. The van der Waals surface area contributed by atoms with Crippen LogP contribution in [0.5, 0.6) is 5.88 Å². The number of ether oxygens (including phenoxy) is 1.